The van der Waals surface area contributed by atoms with E-state index in [2.05, 4.69) is 0 Å². The Hall–Kier alpha value is -3.52. The molecule has 0 radical (unpaired) electrons. The lowest BCUT2D eigenvalue weighted by molar-refractivity contribution is 0.101. The Labute approximate surface area is 193 Å². The van der Waals surface area contributed by atoms with Gasteiger partial charge >= 0.3 is 0 Å². The molecule has 0 saturated heterocycles. The van der Waals surface area contributed by atoms with E-state index >= 15 is 0 Å². The first-order chi connectivity index (χ1) is 15.9. The van der Waals surface area contributed by atoms with Crippen LogP contribution in [0, 0.1) is 6.92 Å². The van der Waals surface area contributed by atoms with E-state index in [9.17, 15) is 13.2 Å². The zero-order valence-corrected chi connectivity index (χ0v) is 19.3. The zero-order valence-electron chi connectivity index (χ0n) is 18.5. The van der Waals surface area contributed by atoms with Crippen LogP contribution < -0.4 is 18.5 Å². The van der Waals surface area contributed by atoms with Gasteiger partial charge in [0.05, 0.1) is 17.1 Å². The Morgan fingerprint density at radius 2 is 1.67 bits per heavy atom. The second-order valence-corrected chi connectivity index (χ2v) is 9.46. The van der Waals surface area contributed by atoms with Gasteiger partial charge in [-0.05, 0) is 61.9 Å². The van der Waals surface area contributed by atoms with Crippen molar-refractivity contribution in [2.24, 2.45) is 0 Å². The smallest absolute Gasteiger partial charge is 0.264 e. The summed E-state index contributed by atoms with van der Waals surface area (Å²) in [6.45, 7) is 4.39. The fraction of sp³-hybridized carbons (Fsp3) is 0.240. The molecular formula is C25H25NO6S. The maximum absolute atomic E-state index is 13.7. The highest BCUT2D eigenvalue weighted by atomic mass is 32.2. The standard InChI is InChI=1S/C25H25NO6S/c1-18-5-3-4-6-23(18)30-14-13-26(21-9-7-20(8-10-21)19(2)27)33(28,29)22-11-12-24-25(17-22)32-16-15-31-24/h3-12,17H,13-16H2,1-2H3. The van der Waals surface area contributed by atoms with Crippen LogP contribution in [-0.4, -0.2) is 40.6 Å². The molecule has 3 aromatic rings. The van der Waals surface area contributed by atoms with Crippen LogP contribution in [0.5, 0.6) is 17.2 Å². The Bertz CT molecular complexity index is 1250. The highest BCUT2D eigenvalue weighted by molar-refractivity contribution is 7.92. The molecule has 1 aliphatic rings. The molecule has 1 heterocycles. The fourth-order valence-corrected chi connectivity index (χ4v) is 4.98. The Kier molecular flexibility index (Phi) is 6.55. The summed E-state index contributed by atoms with van der Waals surface area (Å²) in [7, 11) is -3.95. The number of hydrogen-bond donors (Lipinski definition) is 0. The topological polar surface area (TPSA) is 82.1 Å². The van der Waals surface area contributed by atoms with E-state index in [-0.39, 0.29) is 23.8 Å². The van der Waals surface area contributed by atoms with E-state index in [4.69, 9.17) is 14.2 Å². The SMILES string of the molecule is CC(=O)c1ccc(N(CCOc2ccccc2C)S(=O)(=O)c2ccc3c(c2)OCCO3)cc1. The van der Waals surface area contributed by atoms with E-state index in [1.54, 1.807) is 30.3 Å². The predicted octanol–water partition coefficient (Wildman–Crippen LogP) is 4.24. The number of nitrogens with zero attached hydrogens (tertiary/aromatic N) is 1. The van der Waals surface area contributed by atoms with Gasteiger partial charge in [0.15, 0.2) is 17.3 Å². The minimum atomic E-state index is -3.95. The molecule has 8 heteroatoms. The summed E-state index contributed by atoms with van der Waals surface area (Å²) in [6.07, 6.45) is 0. The first-order valence-corrected chi connectivity index (χ1v) is 12.0. The number of rotatable bonds is 8. The molecule has 33 heavy (non-hydrogen) atoms. The number of para-hydroxylation sites is 1. The highest BCUT2D eigenvalue weighted by Gasteiger charge is 2.27. The molecule has 0 aliphatic carbocycles. The minimum Gasteiger partial charge on any atom is -0.491 e. The molecule has 4 rings (SSSR count). The van der Waals surface area contributed by atoms with E-state index in [0.717, 1.165) is 5.56 Å². The highest BCUT2D eigenvalue weighted by Crippen LogP contribution is 2.34. The number of benzene rings is 3. The van der Waals surface area contributed by atoms with Crippen LogP contribution in [0.2, 0.25) is 0 Å². The van der Waals surface area contributed by atoms with Gasteiger partial charge in [-0.25, -0.2) is 8.42 Å². The molecule has 0 N–H and O–H groups in total. The zero-order chi connectivity index (χ0) is 23.4. The van der Waals surface area contributed by atoms with Gasteiger partial charge in [0, 0.05) is 11.6 Å². The molecule has 0 fully saturated rings. The van der Waals surface area contributed by atoms with Gasteiger partial charge < -0.3 is 14.2 Å². The molecule has 0 bridgehead atoms. The van der Waals surface area contributed by atoms with Crippen LogP contribution >= 0.6 is 0 Å². The van der Waals surface area contributed by atoms with Crippen molar-refractivity contribution >= 4 is 21.5 Å². The number of anilines is 1. The number of carbonyl (C=O) groups excluding carboxylic acids is 1. The fourth-order valence-electron chi connectivity index (χ4n) is 3.52. The van der Waals surface area contributed by atoms with Gasteiger partial charge in [-0.1, -0.05) is 18.2 Å². The van der Waals surface area contributed by atoms with Gasteiger partial charge in [0.1, 0.15) is 25.6 Å². The maximum atomic E-state index is 13.7. The molecule has 3 aromatic carbocycles. The van der Waals surface area contributed by atoms with Gasteiger partial charge in [-0.2, -0.15) is 0 Å². The largest absolute Gasteiger partial charge is 0.491 e. The van der Waals surface area contributed by atoms with Gasteiger partial charge in [-0.3, -0.25) is 9.10 Å². The van der Waals surface area contributed by atoms with Crippen LogP contribution in [0.3, 0.4) is 0 Å². The molecule has 172 valence electrons. The third-order valence-corrected chi connectivity index (χ3v) is 7.13. The van der Waals surface area contributed by atoms with Crippen molar-refractivity contribution < 1.29 is 27.4 Å². The normalized spacial score (nSPS) is 12.8. The first-order valence-electron chi connectivity index (χ1n) is 10.6. The number of fused-ring (bicyclic) bond motifs is 1. The predicted molar refractivity (Wildman–Crippen MR) is 125 cm³/mol. The summed E-state index contributed by atoms with van der Waals surface area (Å²) >= 11 is 0. The van der Waals surface area contributed by atoms with Gasteiger partial charge in [-0.15, -0.1) is 0 Å². The minimum absolute atomic E-state index is 0.0739. The summed E-state index contributed by atoms with van der Waals surface area (Å²) in [5, 5.41) is 0. The van der Waals surface area contributed by atoms with E-state index in [0.29, 0.717) is 41.7 Å². The van der Waals surface area contributed by atoms with Crippen molar-refractivity contribution in [3.05, 3.63) is 77.9 Å². The Morgan fingerprint density at radius 3 is 2.36 bits per heavy atom. The number of Topliss-reactive ketones (excluding diaryl/α,β-unsaturated/α-hetero) is 1. The second-order valence-electron chi connectivity index (χ2n) is 7.60. The van der Waals surface area contributed by atoms with Gasteiger partial charge in [0.25, 0.3) is 10.0 Å². The monoisotopic (exact) mass is 467 g/mol. The van der Waals surface area contributed by atoms with Gasteiger partial charge in [0.2, 0.25) is 0 Å². The summed E-state index contributed by atoms with van der Waals surface area (Å²) in [5.74, 6) is 1.51. The molecule has 0 spiro atoms. The average Bonchev–Trinajstić information content (AvgIpc) is 2.82. The molecular weight excluding hydrogens is 442 g/mol. The number of sulfonamides is 1. The summed E-state index contributed by atoms with van der Waals surface area (Å²) in [4.78, 5) is 11.7. The Morgan fingerprint density at radius 1 is 0.970 bits per heavy atom. The number of hydrogen-bond acceptors (Lipinski definition) is 6. The molecule has 0 atom stereocenters. The number of aryl methyl sites for hydroxylation is 1. The maximum Gasteiger partial charge on any atom is 0.264 e. The van der Waals surface area contributed by atoms with Crippen LogP contribution in [0.25, 0.3) is 0 Å². The van der Waals surface area contributed by atoms with Crippen molar-refractivity contribution in [1.82, 2.24) is 0 Å². The lowest BCUT2D eigenvalue weighted by atomic mass is 10.1. The van der Waals surface area contributed by atoms with E-state index < -0.39 is 10.0 Å². The first kappa shape index (κ1) is 22.7. The summed E-state index contributed by atoms with van der Waals surface area (Å²) in [6, 6.07) is 18.6. The lowest BCUT2D eigenvalue weighted by Crippen LogP contribution is -2.35. The third-order valence-electron chi connectivity index (χ3n) is 5.31. The molecule has 0 amide bonds. The lowest BCUT2D eigenvalue weighted by Gasteiger charge is -2.26. The van der Waals surface area contributed by atoms with Crippen LogP contribution in [-0.2, 0) is 10.0 Å². The van der Waals surface area contributed by atoms with Crippen molar-refractivity contribution in [2.75, 3.05) is 30.7 Å². The van der Waals surface area contributed by atoms with E-state index in [1.165, 1.54) is 23.4 Å². The quantitative estimate of drug-likeness (QED) is 0.461. The molecule has 1 aliphatic heterocycles. The summed E-state index contributed by atoms with van der Waals surface area (Å²) in [5.41, 5.74) is 1.90. The van der Waals surface area contributed by atoms with Crippen LogP contribution in [0.15, 0.2) is 71.6 Å². The third kappa shape index (κ3) is 4.96. The van der Waals surface area contributed by atoms with Crippen molar-refractivity contribution in [1.29, 1.82) is 0 Å². The number of ether oxygens (including phenoxy) is 3. The molecule has 0 unspecified atom stereocenters. The second kappa shape index (κ2) is 9.54. The number of carbonyl (C=O) groups is 1. The van der Waals surface area contributed by atoms with Crippen LogP contribution in [0.1, 0.15) is 22.8 Å². The van der Waals surface area contributed by atoms with E-state index in [1.807, 2.05) is 31.2 Å². The van der Waals surface area contributed by atoms with Crippen molar-refractivity contribution in [2.45, 2.75) is 18.7 Å². The van der Waals surface area contributed by atoms with Crippen molar-refractivity contribution in [3.8, 4) is 17.2 Å². The Balaban J connectivity index is 1.65. The molecule has 0 aromatic heterocycles. The molecule has 0 saturated carbocycles. The molecule has 7 nitrogen and oxygen atoms in total. The van der Waals surface area contributed by atoms with Crippen LogP contribution in [0.4, 0.5) is 5.69 Å². The number of ketones is 1. The summed E-state index contributed by atoms with van der Waals surface area (Å²) < 4.78 is 45.5. The average molecular weight is 468 g/mol. The van der Waals surface area contributed by atoms with Crippen molar-refractivity contribution in [3.63, 3.8) is 0 Å².